The summed E-state index contributed by atoms with van der Waals surface area (Å²) in [5, 5.41) is 0. The predicted octanol–water partition coefficient (Wildman–Crippen LogP) is 4.68. The molecule has 0 saturated carbocycles. The van der Waals surface area contributed by atoms with Crippen molar-refractivity contribution < 1.29 is 28.5 Å². The zero-order valence-corrected chi connectivity index (χ0v) is 17.1. The number of hydrogen-bond acceptors (Lipinski definition) is 6. The van der Waals surface area contributed by atoms with Gasteiger partial charge in [0.2, 0.25) is 5.78 Å². The van der Waals surface area contributed by atoms with Crippen molar-refractivity contribution in [3.8, 4) is 17.2 Å². The summed E-state index contributed by atoms with van der Waals surface area (Å²) in [5.41, 5.74) is 2.61. The lowest BCUT2D eigenvalue weighted by Gasteiger charge is -2.08. The minimum absolute atomic E-state index is 0.202. The molecule has 1 aliphatic heterocycles. The molecule has 6 heteroatoms. The van der Waals surface area contributed by atoms with Crippen LogP contribution in [0.25, 0.3) is 6.08 Å². The fourth-order valence-electron chi connectivity index (χ4n) is 3.17. The van der Waals surface area contributed by atoms with E-state index in [0.29, 0.717) is 29.2 Å². The Hall–Kier alpha value is -4.06. The number of benzene rings is 3. The lowest BCUT2D eigenvalue weighted by atomic mass is 10.1. The summed E-state index contributed by atoms with van der Waals surface area (Å²) in [5.74, 6) is 1.40. The SMILES string of the molecule is COC(=O)c1ccc(/C=C2\Oc3cc(OCc4cccc(OC)c4)ccc3C2=O)cc1. The Bertz CT molecular complexity index is 1160. The number of ketones is 1. The average molecular weight is 416 g/mol. The second kappa shape index (κ2) is 8.75. The smallest absolute Gasteiger partial charge is 0.337 e. The summed E-state index contributed by atoms with van der Waals surface area (Å²) in [7, 11) is 2.95. The third-order valence-corrected chi connectivity index (χ3v) is 4.81. The molecule has 156 valence electrons. The van der Waals surface area contributed by atoms with Crippen LogP contribution in [-0.4, -0.2) is 26.0 Å². The molecule has 0 amide bonds. The van der Waals surface area contributed by atoms with E-state index in [1.807, 2.05) is 24.3 Å². The molecule has 0 saturated heterocycles. The highest BCUT2D eigenvalue weighted by Crippen LogP contribution is 2.35. The first kappa shape index (κ1) is 20.2. The van der Waals surface area contributed by atoms with E-state index in [1.54, 1.807) is 55.7 Å². The summed E-state index contributed by atoms with van der Waals surface area (Å²) in [4.78, 5) is 24.2. The molecular formula is C25H20O6. The predicted molar refractivity (Wildman–Crippen MR) is 114 cm³/mol. The van der Waals surface area contributed by atoms with Crippen LogP contribution in [0.3, 0.4) is 0 Å². The first-order chi connectivity index (χ1) is 15.1. The van der Waals surface area contributed by atoms with Crippen molar-refractivity contribution in [3.05, 3.63) is 94.7 Å². The van der Waals surface area contributed by atoms with Crippen LogP contribution in [0, 0.1) is 0 Å². The Kier molecular flexibility index (Phi) is 5.71. The van der Waals surface area contributed by atoms with Gasteiger partial charge in [-0.05, 0) is 53.6 Å². The molecule has 6 nitrogen and oxygen atoms in total. The van der Waals surface area contributed by atoms with Gasteiger partial charge in [0.15, 0.2) is 5.76 Å². The number of hydrogen-bond donors (Lipinski definition) is 0. The van der Waals surface area contributed by atoms with Crippen LogP contribution >= 0.6 is 0 Å². The van der Waals surface area contributed by atoms with Gasteiger partial charge in [-0.3, -0.25) is 4.79 Å². The molecule has 0 radical (unpaired) electrons. The standard InChI is InChI=1S/C25H20O6/c1-28-19-5-3-4-17(12-19)15-30-20-10-11-21-22(14-20)31-23(24(21)26)13-16-6-8-18(9-7-16)25(27)29-2/h3-14H,15H2,1-2H3/b23-13-. The summed E-state index contributed by atoms with van der Waals surface area (Å²) >= 11 is 0. The van der Waals surface area contributed by atoms with Crippen LogP contribution in [0.2, 0.25) is 0 Å². The van der Waals surface area contributed by atoms with Gasteiger partial charge in [-0.15, -0.1) is 0 Å². The molecule has 0 spiro atoms. The van der Waals surface area contributed by atoms with E-state index in [2.05, 4.69) is 4.74 Å². The van der Waals surface area contributed by atoms with Crippen molar-refractivity contribution in [2.75, 3.05) is 14.2 Å². The Morgan fingerprint density at radius 2 is 1.77 bits per heavy atom. The van der Waals surface area contributed by atoms with Crippen molar-refractivity contribution in [2.24, 2.45) is 0 Å². The summed E-state index contributed by atoms with van der Waals surface area (Å²) in [6.45, 7) is 0.360. The van der Waals surface area contributed by atoms with Gasteiger partial charge in [-0.25, -0.2) is 4.79 Å². The molecule has 31 heavy (non-hydrogen) atoms. The number of allylic oxidation sites excluding steroid dienone is 1. The van der Waals surface area contributed by atoms with Crippen molar-refractivity contribution in [1.82, 2.24) is 0 Å². The third-order valence-electron chi connectivity index (χ3n) is 4.81. The molecule has 0 unspecified atom stereocenters. The Labute approximate surface area is 179 Å². The van der Waals surface area contributed by atoms with Gasteiger partial charge in [-0.1, -0.05) is 24.3 Å². The van der Waals surface area contributed by atoms with Gasteiger partial charge in [-0.2, -0.15) is 0 Å². The van der Waals surface area contributed by atoms with Gasteiger partial charge < -0.3 is 18.9 Å². The number of rotatable bonds is 6. The van der Waals surface area contributed by atoms with E-state index in [1.165, 1.54) is 7.11 Å². The molecule has 0 aromatic heterocycles. The fraction of sp³-hybridized carbons (Fsp3) is 0.120. The van der Waals surface area contributed by atoms with Crippen molar-refractivity contribution in [1.29, 1.82) is 0 Å². The average Bonchev–Trinajstić information content (AvgIpc) is 3.12. The van der Waals surface area contributed by atoms with E-state index in [4.69, 9.17) is 14.2 Å². The minimum Gasteiger partial charge on any atom is -0.497 e. The third kappa shape index (κ3) is 4.43. The number of carbonyl (C=O) groups excluding carboxylic acids is 2. The Morgan fingerprint density at radius 1 is 0.968 bits per heavy atom. The summed E-state index contributed by atoms with van der Waals surface area (Å²) < 4.78 is 21.5. The maximum atomic E-state index is 12.7. The normalized spacial score (nSPS) is 13.5. The van der Waals surface area contributed by atoms with Crippen LogP contribution in [0.4, 0.5) is 0 Å². The lowest BCUT2D eigenvalue weighted by Crippen LogP contribution is -2.01. The molecule has 0 N–H and O–H groups in total. The van der Waals surface area contributed by atoms with Gasteiger partial charge in [0.1, 0.15) is 23.9 Å². The van der Waals surface area contributed by atoms with Gasteiger partial charge in [0.25, 0.3) is 0 Å². The van der Waals surface area contributed by atoms with Crippen molar-refractivity contribution in [3.63, 3.8) is 0 Å². The zero-order chi connectivity index (χ0) is 21.8. The maximum Gasteiger partial charge on any atom is 0.337 e. The highest BCUT2D eigenvalue weighted by molar-refractivity contribution is 6.14. The van der Waals surface area contributed by atoms with Crippen LogP contribution in [0.15, 0.2) is 72.5 Å². The first-order valence-electron chi connectivity index (χ1n) is 9.60. The number of methoxy groups -OCH3 is 2. The molecule has 3 aromatic carbocycles. The maximum absolute atomic E-state index is 12.7. The first-order valence-corrected chi connectivity index (χ1v) is 9.60. The van der Waals surface area contributed by atoms with E-state index in [9.17, 15) is 9.59 Å². The molecule has 0 bridgehead atoms. The van der Waals surface area contributed by atoms with E-state index >= 15 is 0 Å². The second-order valence-electron chi connectivity index (χ2n) is 6.85. The van der Waals surface area contributed by atoms with Crippen LogP contribution < -0.4 is 14.2 Å². The number of esters is 1. The van der Waals surface area contributed by atoms with Crippen LogP contribution in [-0.2, 0) is 11.3 Å². The lowest BCUT2D eigenvalue weighted by molar-refractivity contribution is 0.0600. The molecule has 0 atom stereocenters. The molecule has 1 heterocycles. The van der Waals surface area contributed by atoms with E-state index in [0.717, 1.165) is 16.9 Å². The second-order valence-corrected chi connectivity index (χ2v) is 6.85. The fourth-order valence-corrected chi connectivity index (χ4v) is 3.17. The number of carbonyl (C=O) groups is 2. The molecular weight excluding hydrogens is 396 g/mol. The van der Waals surface area contributed by atoms with Crippen LogP contribution in [0.1, 0.15) is 31.8 Å². The highest BCUT2D eigenvalue weighted by atomic mass is 16.5. The monoisotopic (exact) mass is 416 g/mol. The summed E-state index contributed by atoms with van der Waals surface area (Å²) in [6, 6.07) is 19.5. The van der Waals surface area contributed by atoms with E-state index < -0.39 is 5.97 Å². The zero-order valence-electron chi connectivity index (χ0n) is 17.1. The molecule has 0 aliphatic carbocycles. The minimum atomic E-state index is -0.415. The molecule has 4 rings (SSSR count). The van der Waals surface area contributed by atoms with Crippen molar-refractivity contribution >= 4 is 17.8 Å². The van der Waals surface area contributed by atoms with E-state index in [-0.39, 0.29) is 11.5 Å². The van der Waals surface area contributed by atoms with Gasteiger partial charge in [0.05, 0.1) is 25.3 Å². The van der Waals surface area contributed by atoms with Crippen LogP contribution in [0.5, 0.6) is 17.2 Å². The number of Topliss-reactive ketones (excluding diaryl/α,β-unsaturated/α-hetero) is 1. The molecule has 1 aliphatic rings. The largest absolute Gasteiger partial charge is 0.497 e. The number of fused-ring (bicyclic) bond motifs is 1. The van der Waals surface area contributed by atoms with Gasteiger partial charge >= 0.3 is 5.97 Å². The number of ether oxygens (including phenoxy) is 4. The Balaban J connectivity index is 1.47. The van der Waals surface area contributed by atoms with Crippen molar-refractivity contribution in [2.45, 2.75) is 6.61 Å². The quantitative estimate of drug-likeness (QED) is 0.429. The van der Waals surface area contributed by atoms with Gasteiger partial charge in [0, 0.05) is 6.07 Å². The highest BCUT2D eigenvalue weighted by Gasteiger charge is 2.27. The molecule has 0 fully saturated rings. The topological polar surface area (TPSA) is 71.1 Å². The Morgan fingerprint density at radius 3 is 2.52 bits per heavy atom. The summed E-state index contributed by atoms with van der Waals surface area (Å²) in [6.07, 6.45) is 1.64. The molecule has 3 aromatic rings.